The fourth-order valence-corrected chi connectivity index (χ4v) is 5.08. The van der Waals surface area contributed by atoms with Crippen molar-refractivity contribution >= 4 is 22.6 Å². The standard InChI is InChI=1S/C25H29F2N5O/c1-3-31-7-6-16-8-17(12-28-24(16)31)25(33)29-11-15(2)20-9-22(27)23(10-21(20)26)32-13-18-4-5-19(14-32)30-18/h6-10,12,15,18-19,30H,3-5,11,13-14H2,1-2H3,(H,29,33)/t15-,18?,19?/m0/s1. The van der Waals surface area contributed by atoms with Gasteiger partial charge in [0.05, 0.1) is 11.3 Å². The summed E-state index contributed by atoms with van der Waals surface area (Å²) in [5.41, 5.74) is 1.86. The van der Waals surface area contributed by atoms with E-state index in [1.807, 2.05) is 28.7 Å². The van der Waals surface area contributed by atoms with Gasteiger partial charge in [-0.1, -0.05) is 6.92 Å². The molecule has 6 nitrogen and oxygen atoms in total. The number of nitrogens with one attached hydrogen (secondary N) is 2. The summed E-state index contributed by atoms with van der Waals surface area (Å²) in [5, 5.41) is 7.23. The Hall–Kier alpha value is -3.00. The molecule has 0 saturated carbocycles. The third kappa shape index (κ3) is 4.19. The molecular weight excluding hydrogens is 424 g/mol. The lowest BCUT2D eigenvalue weighted by molar-refractivity contribution is 0.0951. The van der Waals surface area contributed by atoms with Crippen LogP contribution in [0.1, 0.15) is 48.5 Å². The van der Waals surface area contributed by atoms with Crippen LogP contribution in [0.3, 0.4) is 0 Å². The van der Waals surface area contributed by atoms with Gasteiger partial charge < -0.3 is 20.1 Å². The van der Waals surface area contributed by atoms with Gasteiger partial charge in [-0.25, -0.2) is 13.8 Å². The molecule has 2 saturated heterocycles. The second-order valence-corrected chi connectivity index (χ2v) is 9.22. The lowest BCUT2D eigenvalue weighted by atomic mass is 9.99. The Balaban J connectivity index is 1.26. The van der Waals surface area contributed by atoms with Crippen molar-refractivity contribution in [1.82, 2.24) is 20.2 Å². The molecule has 0 spiro atoms. The number of aryl methyl sites for hydroxylation is 1. The molecule has 0 radical (unpaired) electrons. The van der Waals surface area contributed by atoms with Gasteiger partial charge in [-0.05, 0) is 43.5 Å². The van der Waals surface area contributed by atoms with Crippen LogP contribution in [0.4, 0.5) is 14.5 Å². The van der Waals surface area contributed by atoms with Gasteiger partial charge >= 0.3 is 0 Å². The van der Waals surface area contributed by atoms with E-state index >= 15 is 0 Å². The second kappa shape index (κ2) is 8.74. The molecule has 3 aromatic rings. The topological polar surface area (TPSA) is 62.2 Å². The van der Waals surface area contributed by atoms with Crippen LogP contribution >= 0.6 is 0 Å². The molecule has 2 unspecified atom stereocenters. The van der Waals surface area contributed by atoms with Gasteiger partial charge in [0.25, 0.3) is 5.91 Å². The summed E-state index contributed by atoms with van der Waals surface area (Å²) < 4.78 is 31.9. The quantitative estimate of drug-likeness (QED) is 0.596. The summed E-state index contributed by atoms with van der Waals surface area (Å²) in [7, 11) is 0. The number of carbonyl (C=O) groups is 1. The smallest absolute Gasteiger partial charge is 0.252 e. The van der Waals surface area contributed by atoms with E-state index < -0.39 is 11.6 Å². The van der Waals surface area contributed by atoms with Crippen LogP contribution in [-0.2, 0) is 6.54 Å². The number of aromatic nitrogens is 2. The predicted molar refractivity (Wildman–Crippen MR) is 125 cm³/mol. The van der Waals surface area contributed by atoms with E-state index in [9.17, 15) is 13.6 Å². The van der Waals surface area contributed by atoms with Crippen molar-refractivity contribution in [3.8, 4) is 0 Å². The van der Waals surface area contributed by atoms with Crippen molar-refractivity contribution in [2.45, 2.75) is 51.2 Å². The molecule has 174 valence electrons. The van der Waals surface area contributed by atoms with Crippen molar-refractivity contribution in [2.24, 2.45) is 0 Å². The van der Waals surface area contributed by atoms with Crippen molar-refractivity contribution < 1.29 is 13.6 Å². The number of hydrogen-bond acceptors (Lipinski definition) is 4. The molecular formula is C25H29F2N5O. The Kier molecular flexibility index (Phi) is 5.78. The Labute approximate surface area is 192 Å². The predicted octanol–water partition coefficient (Wildman–Crippen LogP) is 3.81. The van der Waals surface area contributed by atoms with Crippen molar-refractivity contribution in [3.05, 3.63) is 59.4 Å². The summed E-state index contributed by atoms with van der Waals surface area (Å²) in [6, 6.07) is 7.00. The first-order valence-corrected chi connectivity index (χ1v) is 11.7. The summed E-state index contributed by atoms with van der Waals surface area (Å²) in [6.07, 6.45) is 5.64. The number of piperazine rings is 1. The van der Waals surface area contributed by atoms with Crippen LogP contribution in [0.25, 0.3) is 11.0 Å². The zero-order valence-electron chi connectivity index (χ0n) is 18.9. The fourth-order valence-electron chi connectivity index (χ4n) is 5.08. The molecule has 5 rings (SSSR count). The van der Waals surface area contributed by atoms with Gasteiger partial charge in [0.1, 0.15) is 17.3 Å². The number of nitrogens with zero attached hydrogens (tertiary/aromatic N) is 3. The summed E-state index contributed by atoms with van der Waals surface area (Å²) in [6.45, 7) is 6.20. The minimum Gasteiger partial charge on any atom is -0.366 e. The average Bonchev–Trinajstić information content (AvgIpc) is 3.39. The first kappa shape index (κ1) is 21.8. The number of halogens is 2. The minimum atomic E-state index is -0.442. The molecule has 1 amide bonds. The second-order valence-electron chi connectivity index (χ2n) is 9.22. The van der Waals surface area contributed by atoms with Crippen LogP contribution in [0.5, 0.6) is 0 Å². The van der Waals surface area contributed by atoms with Crippen molar-refractivity contribution in [2.75, 3.05) is 24.5 Å². The van der Waals surface area contributed by atoms with E-state index in [0.29, 0.717) is 36.4 Å². The molecule has 2 fully saturated rings. The molecule has 4 heterocycles. The number of rotatable bonds is 6. The third-order valence-electron chi connectivity index (χ3n) is 6.93. The van der Waals surface area contributed by atoms with E-state index in [1.54, 1.807) is 19.2 Å². The maximum absolute atomic E-state index is 15.0. The first-order chi connectivity index (χ1) is 15.9. The maximum Gasteiger partial charge on any atom is 0.252 e. The molecule has 3 atom stereocenters. The summed E-state index contributed by atoms with van der Waals surface area (Å²) in [5.74, 6) is -1.52. The Morgan fingerprint density at radius 2 is 1.97 bits per heavy atom. The number of benzene rings is 1. The fraction of sp³-hybridized carbons (Fsp3) is 0.440. The van der Waals surface area contributed by atoms with E-state index in [-0.39, 0.29) is 23.9 Å². The molecule has 33 heavy (non-hydrogen) atoms. The highest BCUT2D eigenvalue weighted by Crippen LogP contribution is 2.31. The monoisotopic (exact) mass is 453 g/mol. The zero-order valence-corrected chi connectivity index (χ0v) is 18.9. The first-order valence-electron chi connectivity index (χ1n) is 11.7. The highest BCUT2D eigenvalue weighted by atomic mass is 19.1. The largest absolute Gasteiger partial charge is 0.366 e. The molecule has 8 heteroatoms. The highest BCUT2D eigenvalue weighted by molar-refractivity contribution is 5.97. The lowest BCUT2D eigenvalue weighted by Gasteiger charge is -2.35. The summed E-state index contributed by atoms with van der Waals surface area (Å²) in [4.78, 5) is 19.0. The van der Waals surface area contributed by atoms with Gasteiger partial charge in [-0.2, -0.15) is 0 Å². The molecule has 2 aromatic heterocycles. The van der Waals surface area contributed by atoms with E-state index in [4.69, 9.17) is 0 Å². The van der Waals surface area contributed by atoms with E-state index in [1.165, 1.54) is 12.1 Å². The molecule has 2 bridgehead atoms. The van der Waals surface area contributed by atoms with Crippen LogP contribution in [0, 0.1) is 11.6 Å². The van der Waals surface area contributed by atoms with Crippen LogP contribution < -0.4 is 15.5 Å². The van der Waals surface area contributed by atoms with E-state index in [0.717, 1.165) is 30.4 Å². The maximum atomic E-state index is 15.0. The molecule has 2 aliphatic heterocycles. The SMILES string of the molecule is CCn1ccc2cc(C(=O)NC[C@H](C)c3cc(F)c(N4CC5CCC(C4)N5)cc3F)cnc21. The highest BCUT2D eigenvalue weighted by Gasteiger charge is 2.33. The van der Waals surface area contributed by atoms with Gasteiger partial charge in [-0.15, -0.1) is 0 Å². The lowest BCUT2D eigenvalue weighted by Crippen LogP contribution is -2.51. The molecule has 2 N–H and O–H groups in total. The number of carbonyl (C=O) groups excluding carboxylic acids is 1. The third-order valence-corrected chi connectivity index (χ3v) is 6.93. The van der Waals surface area contributed by atoms with Crippen molar-refractivity contribution in [1.29, 1.82) is 0 Å². The van der Waals surface area contributed by atoms with Crippen LogP contribution in [0.2, 0.25) is 0 Å². The van der Waals surface area contributed by atoms with Gasteiger partial charge in [0.2, 0.25) is 0 Å². The normalized spacial score (nSPS) is 20.9. The van der Waals surface area contributed by atoms with E-state index in [2.05, 4.69) is 15.6 Å². The van der Waals surface area contributed by atoms with Gasteiger partial charge in [0, 0.05) is 68.0 Å². The van der Waals surface area contributed by atoms with Gasteiger partial charge in [0.15, 0.2) is 0 Å². The average molecular weight is 454 g/mol. The molecule has 0 aliphatic carbocycles. The minimum absolute atomic E-state index is 0.195. The number of pyridine rings is 1. The zero-order chi connectivity index (χ0) is 23.1. The van der Waals surface area contributed by atoms with Crippen LogP contribution in [-0.4, -0.2) is 47.2 Å². The van der Waals surface area contributed by atoms with Crippen LogP contribution in [0.15, 0.2) is 36.7 Å². The Morgan fingerprint density at radius 1 is 1.21 bits per heavy atom. The number of anilines is 1. The molecule has 1 aromatic carbocycles. The van der Waals surface area contributed by atoms with Gasteiger partial charge in [-0.3, -0.25) is 4.79 Å². The molecule has 2 aliphatic rings. The number of fused-ring (bicyclic) bond motifs is 3. The van der Waals surface area contributed by atoms with Crippen molar-refractivity contribution in [3.63, 3.8) is 0 Å². The number of amides is 1. The number of hydrogen-bond donors (Lipinski definition) is 2. The Morgan fingerprint density at radius 3 is 2.70 bits per heavy atom. The Bertz CT molecular complexity index is 1180. The summed E-state index contributed by atoms with van der Waals surface area (Å²) >= 11 is 0.